The Morgan fingerprint density at radius 2 is 2.17 bits per heavy atom. The van der Waals surface area contributed by atoms with Gasteiger partial charge in [-0.3, -0.25) is 9.78 Å². The quantitative estimate of drug-likeness (QED) is 0.927. The monoisotopic (exact) mass is 319 g/mol. The highest BCUT2D eigenvalue weighted by Gasteiger charge is 2.33. The summed E-state index contributed by atoms with van der Waals surface area (Å²) < 4.78 is 5.34. The fraction of sp³-hybridized carbons (Fsp3) is 0.588. The molecule has 1 saturated heterocycles. The van der Waals surface area contributed by atoms with E-state index in [-0.39, 0.29) is 17.9 Å². The summed E-state index contributed by atoms with van der Waals surface area (Å²) in [5.74, 6) is -0.229. The molecule has 23 heavy (non-hydrogen) atoms. The maximum atomic E-state index is 12.3. The first-order valence-electron chi connectivity index (χ1n) is 7.92. The summed E-state index contributed by atoms with van der Waals surface area (Å²) in [6.45, 7) is 8.83. The van der Waals surface area contributed by atoms with Crippen LogP contribution >= 0.6 is 0 Å². The second kappa shape index (κ2) is 6.98. The SMILES string of the molecule is Cc1cccnc1CNC(=O)C1CCN(C(=O)OC(C)(C)C)C1. The van der Waals surface area contributed by atoms with Crippen molar-refractivity contribution in [3.63, 3.8) is 0 Å². The third-order valence-electron chi connectivity index (χ3n) is 3.76. The van der Waals surface area contributed by atoms with E-state index in [1.165, 1.54) is 0 Å². The number of ether oxygens (including phenoxy) is 1. The Hall–Kier alpha value is -2.11. The van der Waals surface area contributed by atoms with Crippen molar-refractivity contribution < 1.29 is 14.3 Å². The number of aromatic nitrogens is 1. The minimum absolute atomic E-state index is 0.0406. The third-order valence-corrected chi connectivity index (χ3v) is 3.76. The fourth-order valence-corrected chi connectivity index (χ4v) is 2.49. The van der Waals surface area contributed by atoms with Gasteiger partial charge in [-0.25, -0.2) is 4.79 Å². The van der Waals surface area contributed by atoms with Crippen LogP contribution in [0.4, 0.5) is 4.79 Å². The Morgan fingerprint density at radius 1 is 1.43 bits per heavy atom. The van der Waals surface area contributed by atoms with Crippen molar-refractivity contribution in [1.82, 2.24) is 15.2 Å². The Labute approximate surface area is 137 Å². The topological polar surface area (TPSA) is 71.5 Å². The van der Waals surface area contributed by atoms with Crippen molar-refractivity contribution in [2.45, 2.75) is 46.3 Å². The van der Waals surface area contributed by atoms with E-state index in [0.717, 1.165) is 11.3 Å². The van der Waals surface area contributed by atoms with Crippen molar-refractivity contribution in [3.8, 4) is 0 Å². The number of aryl methyl sites for hydroxylation is 1. The highest BCUT2D eigenvalue weighted by atomic mass is 16.6. The Morgan fingerprint density at radius 3 is 2.83 bits per heavy atom. The normalized spacial score (nSPS) is 17.9. The lowest BCUT2D eigenvalue weighted by atomic mass is 10.1. The molecule has 2 heterocycles. The summed E-state index contributed by atoms with van der Waals surface area (Å²) in [5.41, 5.74) is 1.39. The van der Waals surface area contributed by atoms with Crippen LogP contribution in [0.15, 0.2) is 18.3 Å². The van der Waals surface area contributed by atoms with Gasteiger partial charge in [0.05, 0.1) is 18.2 Å². The number of hydrogen-bond acceptors (Lipinski definition) is 4. The lowest BCUT2D eigenvalue weighted by Crippen LogP contribution is -2.37. The van der Waals surface area contributed by atoms with Gasteiger partial charge in [0.2, 0.25) is 5.91 Å². The van der Waals surface area contributed by atoms with Crippen molar-refractivity contribution in [2.24, 2.45) is 5.92 Å². The van der Waals surface area contributed by atoms with Gasteiger partial charge in [0.1, 0.15) is 5.60 Å². The molecule has 1 aliphatic rings. The molecule has 1 aromatic heterocycles. The average Bonchev–Trinajstić information content (AvgIpc) is 2.94. The molecule has 0 saturated carbocycles. The van der Waals surface area contributed by atoms with E-state index in [2.05, 4.69) is 10.3 Å². The smallest absolute Gasteiger partial charge is 0.410 e. The molecular weight excluding hydrogens is 294 g/mol. The van der Waals surface area contributed by atoms with Crippen LogP contribution in [-0.2, 0) is 16.1 Å². The van der Waals surface area contributed by atoms with E-state index >= 15 is 0 Å². The summed E-state index contributed by atoms with van der Waals surface area (Å²) in [7, 11) is 0. The van der Waals surface area contributed by atoms with Gasteiger partial charge in [0.15, 0.2) is 0 Å². The second-order valence-corrected chi connectivity index (χ2v) is 6.90. The van der Waals surface area contributed by atoms with Gasteiger partial charge < -0.3 is 15.0 Å². The Bertz CT molecular complexity index is 581. The second-order valence-electron chi connectivity index (χ2n) is 6.90. The van der Waals surface area contributed by atoms with Crippen LogP contribution in [0.2, 0.25) is 0 Å². The molecule has 1 N–H and O–H groups in total. The first-order chi connectivity index (χ1) is 10.8. The van der Waals surface area contributed by atoms with Gasteiger partial charge in [-0.05, 0) is 45.7 Å². The zero-order valence-electron chi connectivity index (χ0n) is 14.3. The molecular formula is C17H25N3O3. The number of nitrogens with zero attached hydrogens (tertiary/aromatic N) is 2. The summed E-state index contributed by atoms with van der Waals surface area (Å²) in [6.07, 6.45) is 2.02. The highest BCUT2D eigenvalue weighted by Crippen LogP contribution is 2.19. The molecule has 1 unspecified atom stereocenters. The van der Waals surface area contributed by atoms with E-state index < -0.39 is 5.60 Å². The molecule has 6 nitrogen and oxygen atoms in total. The van der Waals surface area contributed by atoms with Gasteiger partial charge in [-0.15, -0.1) is 0 Å². The standard InChI is InChI=1S/C17H25N3O3/c1-12-6-5-8-18-14(12)10-19-15(21)13-7-9-20(11-13)16(22)23-17(2,3)4/h5-6,8,13H,7,9-11H2,1-4H3,(H,19,21). The van der Waals surface area contributed by atoms with Gasteiger partial charge in [0, 0.05) is 19.3 Å². The number of rotatable bonds is 3. The van der Waals surface area contributed by atoms with E-state index in [1.807, 2.05) is 39.8 Å². The van der Waals surface area contributed by atoms with Crippen molar-refractivity contribution >= 4 is 12.0 Å². The molecule has 1 aromatic rings. The molecule has 1 fully saturated rings. The highest BCUT2D eigenvalue weighted by molar-refractivity contribution is 5.80. The molecule has 0 bridgehead atoms. The predicted molar refractivity (Wildman–Crippen MR) is 86.7 cm³/mol. The number of carbonyl (C=O) groups is 2. The number of nitrogens with one attached hydrogen (secondary N) is 1. The van der Waals surface area contributed by atoms with Crippen LogP contribution in [0.3, 0.4) is 0 Å². The molecule has 0 spiro atoms. The van der Waals surface area contributed by atoms with E-state index in [4.69, 9.17) is 4.74 Å². The number of likely N-dealkylation sites (tertiary alicyclic amines) is 1. The fourth-order valence-electron chi connectivity index (χ4n) is 2.49. The summed E-state index contributed by atoms with van der Waals surface area (Å²) >= 11 is 0. The van der Waals surface area contributed by atoms with Crippen LogP contribution < -0.4 is 5.32 Å². The van der Waals surface area contributed by atoms with E-state index in [9.17, 15) is 9.59 Å². The van der Waals surface area contributed by atoms with E-state index in [1.54, 1.807) is 11.1 Å². The maximum absolute atomic E-state index is 12.3. The zero-order valence-corrected chi connectivity index (χ0v) is 14.3. The molecule has 126 valence electrons. The minimum atomic E-state index is -0.520. The molecule has 0 radical (unpaired) electrons. The molecule has 0 aromatic carbocycles. The van der Waals surface area contributed by atoms with Crippen LogP contribution in [-0.4, -0.2) is 40.6 Å². The molecule has 2 rings (SSSR count). The third kappa shape index (κ3) is 4.94. The molecule has 2 amide bonds. The van der Waals surface area contributed by atoms with Crippen molar-refractivity contribution in [2.75, 3.05) is 13.1 Å². The molecule has 6 heteroatoms. The first-order valence-corrected chi connectivity index (χ1v) is 7.92. The predicted octanol–water partition coefficient (Wildman–Crippen LogP) is 2.26. The van der Waals surface area contributed by atoms with Crippen LogP contribution in [0, 0.1) is 12.8 Å². The Kier molecular flexibility index (Phi) is 5.23. The molecule has 0 aliphatic carbocycles. The summed E-state index contributed by atoms with van der Waals surface area (Å²) in [6, 6.07) is 3.84. The maximum Gasteiger partial charge on any atom is 0.410 e. The van der Waals surface area contributed by atoms with Crippen molar-refractivity contribution in [3.05, 3.63) is 29.6 Å². The molecule has 1 atom stereocenters. The summed E-state index contributed by atoms with van der Waals surface area (Å²) in [5, 5.41) is 2.91. The number of carbonyl (C=O) groups excluding carboxylic acids is 2. The minimum Gasteiger partial charge on any atom is -0.444 e. The van der Waals surface area contributed by atoms with Crippen molar-refractivity contribution in [1.29, 1.82) is 0 Å². The van der Waals surface area contributed by atoms with Gasteiger partial charge in [-0.2, -0.15) is 0 Å². The van der Waals surface area contributed by atoms with Crippen LogP contribution in [0.5, 0.6) is 0 Å². The van der Waals surface area contributed by atoms with Gasteiger partial charge >= 0.3 is 6.09 Å². The average molecular weight is 319 g/mol. The lowest BCUT2D eigenvalue weighted by Gasteiger charge is -2.24. The number of hydrogen-bond donors (Lipinski definition) is 1. The number of pyridine rings is 1. The summed E-state index contributed by atoms with van der Waals surface area (Å²) in [4.78, 5) is 30.1. The van der Waals surface area contributed by atoms with E-state index in [0.29, 0.717) is 26.1 Å². The molecule has 1 aliphatic heterocycles. The first kappa shape index (κ1) is 17.2. The number of amides is 2. The zero-order chi connectivity index (χ0) is 17.0. The van der Waals surface area contributed by atoms with Crippen LogP contribution in [0.25, 0.3) is 0 Å². The largest absolute Gasteiger partial charge is 0.444 e. The van der Waals surface area contributed by atoms with Gasteiger partial charge in [-0.1, -0.05) is 6.07 Å². The van der Waals surface area contributed by atoms with Crippen LogP contribution in [0.1, 0.15) is 38.4 Å². The Balaban J connectivity index is 1.83. The lowest BCUT2D eigenvalue weighted by molar-refractivity contribution is -0.124. The van der Waals surface area contributed by atoms with Gasteiger partial charge in [0.25, 0.3) is 0 Å².